The van der Waals surface area contributed by atoms with Gasteiger partial charge in [0.25, 0.3) is 0 Å². The standard InChI is InChI=1S/C16H14BrNO3/c1-20-14-8-11(18)2-3-12(14)15(19)13-7-10(17)6-9-4-5-21-16(9)13/h2-3,6-8H,4-5,18H2,1H3. The second-order valence-corrected chi connectivity index (χ2v) is 5.74. The predicted molar refractivity (Wildman–Crippen MR) is 84.2 cm³/mol. The largest absolute Gasteiger partial charge is 0.496 e. The Hall–Kier alpha value is -2.01. The zero-order chi connectivity index (χ0) is 15.0. The highest BCUT2D eigenvalue weighted by Crippen LogP contribution is 2.35. The van der Waals surface area contributed by atoms with Gasteiger partial charge in [-0.2, -0.15) is 0 Å². The fraction of sp³-hybridized carbons (Fsp3) is 0.188. The van der Waals surface area contributed by atoms with Crippen molar-refractivity contribution in [3.05, 3.63) is 51.5 Å². The number of carbonyl (C=O) groups is 1. The minimum atomic E-state index is -0.133. The number of nitrogens with two attached hydrogens (primary N) is 1. The SMILES string of the molecule is COc1cc(N)ccc1C(=O)c1cc(Br)cc2c1OCC2. The van der Waals surface area contributed by atoms with Crippen LogP contribution in [0.15, 0.2) is 34.8 Å². The van der Waals surface area contributed by atoms with Crippen molar-refractivity contribution < 1.29 is 14.3 Å². The van der Waals surface area contributed by atoms with Crippen LogP contribution < -0.4 is 15.2 Å². The molecule has 1 aliphatic heterocycles. The number of hydrogen-bond acceptors (Lipinski definition) is 4. The monoisotopic (exact) mass is 347 g/mol. The molecule has 0 aliphatic carbocycles. The van der Waals surface area contributed by atoms with Crippen LogP contribution in [0.4, 0.5) is 5.69 Å². The smallest absolute Gasteiger partial charge is 0.200 e. The maximum Gasteiger partial charge on any atom is 0.200 e. The summed E-state index contributed by atoms with van der Waals surface area (Å²) in [6.45, 7) is 0.602. The van der Waals surface area contributed by atoms with Gasteiger partial charge in [-0.1, -0.05) is 15.9 Å². The third-order valence-electron chi connectivity index (χ3n) is 3.46. The van der Waals surface area contributed by atoms with E-state index in [2.05, 4.69) is 15.9 Å². The topological polar surface area (TPSA) is 61.5 Å². The van der Waals surface area contributed by atoms with Gasteiger partial charge in [0.15, 0.2) is 0 Å². The first-order chi connectivity index (χ1) is 10.1. The van der Waals surface area contributed by atoms with Gasteiger partial charge in [0.1, 0.15) is 11.5 Å². The number of ether oxygens (including phenoxy) is 2. The molecule has 108 valence electrons. The van der Waals surface area contributed by atoms with Crippen molar-refractivity contribution in [3.8, 4) is 11.5 Å². The first-order valence-corrected chi connectivity index (χ1v) is 7.33. The number of anilines is 1. The molecule has 1 aliphatic rings. The van der Waals surface area contributed by atoms with Crippen molar-refractivity contribution in [1.29, 1.82) is 0 Å². The van der Waals surface area contributed by atoms with E-state index in [9.17, 15) is 4.79 Å². The van der Waals surface area contributed by atoms with Crippen LogP contribution >= 0.6 is 15.9 Å². The van der Waals surface area contributed by atoms with E-state index in [1.54, 1.807) is 24.3 Å². The molecule has 0 amide bonds. The van der Waals surface area contributed by atoms with Gasteiger partial charge in [0, 0.05) is 22.6 Å². The summed E-state index contributed by atoms with van der Waals surface area (Å²) in [7, 11) is 1.52. The van der Waals surface area contributed by atoms with Crippen LogP contribution in [0.5, 0.6) is 11.5 Å². The molecule has 0 unspecified atom stereocenters. The number of ketones is 1. The molecule has 2 N–H and O–H groups in total. The number of methoxy groups -OCH3 is 1. The number of carbonyl (C=O) groups excluding carboxylic acids is 1. The molecule has 0 fully saturated rings. The molecular weight excluding hydrogens is 334 g/mol. The second kappa shape index (κ2) is 5.41. The van der Waals surface area contributed by atoms with Crippen LogP contribution in [0.25, 0.3) is 0 Å². The van der Waals surface area contributed by atoms with E-state index in [0.29, 0.717) is 34.9 Å². The Morgan fingerprint density at radius 2 is 2.10 bits per heavy atom. The van der Waals surface area contributed by atoms with Crippen molar-refractivity contribution in [1.82, 2.24) is 0 Å². The Bertz CT molecular complexity index is 728. The molecule has 1 heterocycles. The van der Waals surface area contributed by atoms with Gasteiger partial charge >= 0.3 is 0 Å². The quantitative estimate of drug-likeness (QED) is 0.684. The minimum Gasteiger partial charge on any atom is -0.496 e. The lowest BCUT2D eigenvalue weighted by atomic mass is 9.99. The second-order valence-electron chi connectivity index (χ2n) is 4.83. The maximum absolute atomic E-state index is 12.8. The lowest BCUT2D eigenvalue weighted by Crippen LogP contribution is -2.06. The fourth-order valence-corrected chi connectivity index (χ4v) is 2.98. The van der Waals surface area contributed by atoms with Crippen LogP contribution in [0.1, 0.15) is 21.5 Å². The van der Waals surface area contributed by atoms with E-state index in [1.165, 1.54) is 7.11 Å². The molecule has 0 spiro atoms. The third-order valence-corrected chi connectivity index (χ3v) is 3.92. The summed E-state index contributed by atoms with van der Waals surface area (Å²) in [6, 6.07) is 8.78. The van der Waals surface area contributed by atoms with Crippen molar-refractivity contribution in [2.24, 2.45) is 0 Å². The van der Waals surface area contributed by atoms with Gasteiger partial charge < -0.3 is 15.2 Å². The van der Waals surface area contributed by atoms with Gasteiger partial charge in [0.2, 0.25) is 5.78 Å². The highest BCUT2D eigenvalue weighted by Gasteiger charge is 2.24. The molecular formula is C16H14BrNO3. The number of hydrogen-bond donors (Lipinski definition) is 1. The van der Waals surface area contributed by atoms with Crippen LogP contribution in [0.2, 0.25) is 0 Å². The normalized spacial score (nSPS) is 12.7. The fourth-order valence-electron chi connectivity index (χ4n) is 2.48. The summed E-state index contributed by atoms with van der Waals surface area (Å²) in [4.78, 5) is 12.8. The average Bonchev–Trinajstić information content (AvgIpc) is 2.93. The van der Waals surface area contributed by atoms with Gasteiger partial charge in [-0.25, -0.2) is 0 Å². The molecule has 2 aromatic rings. The average molecular weight is 348 g/mol. The van der Waals surface area contributed by atoms with Crippen molar-refractivity contribution in [3.63, 3.8) is 0 Å². The third kappa shape index (κ3) is 2.49. The van der Waals surface area contributed by atoms with Crippen LogP contribution in [0, 0.1) is 0 Å². The highest BCUT2D eigenvalue weighted by molar-refractivity contribution is 9.10. The first-order valence-electron chi connectivity index (χ1n) is 6.53. The number of fused-ring (bicyclic) bond motifs is 1. The van der Waals surface area contributed by atoms with E-state index in [1.807, 2.05) is 6.07 Å². The van der Waals surface area contributed by atoms with Crippen LogP contribution in [-0.4, -0.2) is 19.5 Å². The molecule has 21 heavy (non-hydrogen) atoms. The van der Waals surface area contributed by atoms with E-state index < -0.39 is 0 Å². The van der Waals surface area contributed by atoms with E-state index in [0.717, 1.165) is 16.5 Å². The molecule has 0 aromatic heterocycles. The lowest BCUT2D eigenvalue weighted by Gasteiger charge is -2.11. The van der Waals surface area contributed by atoms with E-state index in [4.69, 9.17) is 15.2 Å². The zero-order valence-corrected chi connectivity index (χ0v) is 13.1. The molecule has 0 bridgehead atoms. The van der Waals surface area contributed by atoms with E-state index in [-0.39, 0.29) is 5.78 Å². The Morgan fingerprint density at radius 3 is 2.86 bits per heavy atom. The number of nitrogen functional groups attached to an aromatic ring is 1. The Labute approximate surface area is 131 Å². The summed E-state index contributed by atoms with van der Waals surface area (Å²) >= 11 is 3.44. The Balaban J connectivity index is 2.12. The summed E-state index contributed by atoms with van der Waals surface area (Å²) < 4.78 is 11.7. The van der Waals surface area contributed by atoms with Gasteiger partial charge in [0.05, 0.1) is 24.8 Å². The lowest BCUT2D eigenvalue weighted by molar-refractivity contribution is 0.103. The molecule has 4 nitrogen and oxygen atoms in total. The summed E-state index contributed by atoms with van der Waals surface area (Å²) in [5, 5.41) is 0. The van der Waals surface area contributed by atoms with Crippen molar-refractivity contribution in [2.45, 2.75) is 6.42 Å². The van der Waals surface area contributed by atoms with E-state index >= 15 is 0 Å². The van der Waals surface area contributed by atoms with Gasteiger partial charge in [-0.3, -0.25) is 4.79 Å². The predicted octanol–water partition coefficient (Wildman–Crippen LogP) is 3.21. The van der Waals surface area contributed by atoms with Gasteiger partial charge in [-0.15, -0.1) is 0 Å². The van der Waals surface area contributed by atoms with Crippen molar-refractivity contribution in [2.75, 3.05) is 19.5 Å². The summed E-state index contributed by atoms with van der Waals surface area (Å²) in [5.41, 5.74) is 8.35. The summed E-state index contributed by atoms with van der Waals surface area (Å²) in [5.74, 6) is 1.00. The molecule has 0 saturated heterocycles. The molecule has 5 heteroatoms. The van der Waals surface area contributed by atoms with Gasteiger partial charge in [-0.05, 0) is 29.8 Å². The van der Waals surface area contributed by atoms with Crippen molar-refractivity contribution >= 4 is 27.4 Å². The number of rotatable bonds is 3. The summed E-state index contributed by atoms with van der Waals surface area (Å²) in [6.07, 6.45) is 0.813. The number of benzene rings is 2. The molecule has 0 saturated carbocycles. The Kier molecular flexibility index (Phi) is 3.59. The Morgan fingerprint density at radius 1 is 1.29 bits per heavy atom. The molecule has 3 rings (SSSR count). The van der Waals surface area contributed by atoms with Crippen LogP contribution in [0.3, 0.4) is 0 Å². The zero-order valence-electron chi connectivity index (χ0n) is 11.5. The molecule has 0 atom stereocenters. The molecule has 2 aromatic carbocycles. The first kappa shape index (κ1) is 13.9. The van der Waals surface area contributed by atoms with Crippen LogP contribution in [-0.2, 0) is 6.42 Å². The number of halogens is 1. The highest BCUT2D eigenvalue weighted by atomic mass is 79.9. The molecule has 0 radical (unpaired) electrons. The minimum absolute atomic E-state index is 0.133. The maximum atomic E-state index is 12.8.